The van der Waals surface area contributed by atoms with E-state index in [2.05, 4.69) is 4.98 Å². The number of ether oxygens (including phenoxy) is 1. The lowest BCUT2D eigenvalue weighted by atomic mass is 9.86. The van der Waals surface area contributed by atoms with Crippen LogP contribution in [0.25, 0.3) is 10.9 Å². The number of pyridine rings is 2. The van der Waals surface area contributed by atoms with Crippen LogP contribution in [0.1, 0.15) is 36.5 Å². The molecule has 3 aromatic rings. The molecule has 1 aliphatic rings. The van der Waals surface area contributed by atoms with Crippen molar-refractivity contribution in [3.63, 3.8) is 0 Å². The first kappa shape index (κ1) is 19.9. The van der Waals surface area contributed by atoms with Gasteiger partial charge in [-0.15, -0.1) is 0 Å². The third-order valence-electron chi connectivity index (χ3n) is 5.31. The summed E-state index contributed by atoms with van der Waals surface area (Å²) in [6.45, 7) is 1.77. The van der Waals surface area contributed by atoms with Crippen molar-refractivity contribution in [1.29, 1.82) is 0 Å². The highest BCUT2D eigenvalue weighted by atomic mass is 35.5. The topological polar surface area (TPSA) is 81.4 Å². The Kier molecular flexibility index (Phi) is 5.11. The molecule has 29 heavy (non-hydrogen) atoms. The third kappa shape index (κ3) is 3.64. The van der Waals surface area contributed by atoms with Crippen molar-refractivity contribution in [3.05, 3.63) is 73.7 Å². The first-order valence-corrected chi connectivity index (χ1v) is 9.92. The van der Waals surface area contributed by atoms with E-state index in [9.17, 15) is 14.7 Å². The summed E-state index contributed by atoms with van der Waals surface area (Å²) in [6, 6.07) is 8.81. The maximum absolute atomic E-state index is 13.1. The second-order valence-corrected chi connectivity index (χ2v) is 7.93. The average molecular weight is 433 g/mol. The van der Waals surface area contributed by atoms with Crippen LogP contribution < -0.4 is 5.56 Å². The molecule has 0 saturated carbocycles. The molecule has 0 saturated heterocycles. The van der Waals surface area contributed by atoms with E-state index in [0.717, 1.165) is 5.39 Å². The Labute approximate surface area is 176 Å². The number of esters is 1. The van der Waals surface area contributed by atoms with Crippen molar-refractivity contribution >= 4 is 40.1 Å². The van der Waals surface area contributed by atoms with Crippen molar-refractivity contribution in [2.75, 3.05) is 0 Å². The molecule has 6 nitrogen and oxygen atoms in total. The minimum atomic E-state index is -1.42. The second-order valence-electron chi connectivity index (χ2n) is 7.14. The number of carbonyl (C=O) groups excluding carboxylic acids is 1. The van der Waals surface area contributed by atoms with Gasteiger partial charge < -0.3 is 14.4 Å². The van der Waals surface area contributed by atoms with Gasteiger partial charge in [-0.2, -0.15) is 0 Å². The highest BCUT2D eigenvalue weighted by Crippen LogP contribution is 2.33. The molecule has 8 heteroatoms. The van der Waals surface area contributed by atoms with Crippen LogP contribution >= 0.6 is 23.2 Å². The van der Waals surface area contributed by atoms with Gasteiger partial charge in [0.05, 0.1) is 24.0 Å². The molecule has 0 amide bonds. The number of benzene rings is 1. The molecular weight excluding hydrogens is 415 g/mol. The summed E-state index contributed by atoms with van der Waals surface area (Å²) in [7, 11) is 0. The standard InChI is InChI=1S/C21H18Cl2N2O4/c1-2-21(28)9-18(26)29-11-15-16(21)5-6-25(20(15)27)10-13-7-12-8-14(22)3-4-17(12)24-19(13)23/h3-8,28H,2,9-11H2,1H3. The van der Waals surface area contributed by atoms with Gasteiger partial charge in [0.2, 0.25) is 0 Å². The molecule has 0 spiro atoms. The molecular formula is C21H18Cl2N2O4. The van der Waals surface area contributed by atoms with Crippen LogP contribution in [0.4, 0.5) is 0 Å². The third-order valence-corrected chi connectivity index (χ3v) is 5.87. The molecule has 1 unspecified atom stereocenters. The summed E-state index contributed by atoms with van der Waals surface area (Å²) in [5.74, 6) is -0.532. The first-order valence-electron chi connectivity index (χ1n) is 9.16. The molecule has 1 N–H and O–H groups in total. The number of hydrogen-bond donors (Lipinski definition) is 1. The Hall–Kier alpha value is -2.41. The summed E-state index contributed by atoms with van der Waals surface area (Å²) in [4.78, 5) is 29.3. The number of carbonyl (C=O) groups is 1. The number of aliphatic hydroxyl groups is 1. The number of cyclic esters (lactones) is 1. The summed E-state index contributed by atoms with van der Waals surface area (Å²) in [6.07, 6.45) is 1.71. The molecule has 4 rings (SSSR count). The van der Waals surface area contributed by atoms with Gasteiger partial charge in [-0.1, -0.05) is 30.1 Å². The highest BCUT2D eigenvalue weighted by molar-refractivity contribution is 6.32. The smallest absolute Gasteiger partial charge is 0.309 e. The Bertz CT molecular complexity index is 1190. The first-order chi connectivity index (χ1) is 13.8. The summed E-state index contributed by atoms with van der Waals surface area (Å²) >= 11 is 12.4. The molecule has 0 fully saturated rings. The largest absolute Gasteiger partial charge is 0.460 e. The molecule has 0 bridgehead atoms. The molecule has 2 aromatic heterocycles. The average Bonchev–Trinajstić information content (AvgIpc) is 2.81. The molecule has 3 heterocycles. The Morgan fingerprint density at radius 2 is 2.03 bits per heavy atom. The van der Waals surface area contributed by atoms with Crippen LogP contribution in [-0.4, -0.2) is 20.6 Å². The molecule has 1 atom stereocenters. The maximum Gasteiger partial charge on any atom is 0.309 e. The number of rotatable bonds is 3. The van der Waals surface area contributed by atoms with E-state index in [-0.39, 0.29) is 35.8 Å². The van der Waals surface area contributed by atoms with Gasteiger partial charge in [-0.25, -0.2) is 4.98 Å². The zero-order valence-electron chi connectivity index (χ0n) is 15.6. The van der Waals surface area contributed by atoms with E-state index < -0.39 is 11.6 Å². The van der Waals surface area contributed by atoms with Crippen molar-refractivity contribution in [2.24, 2.45) is 0 Å². The maximum atomic E-state index is 13.1. The van der Waals surface area contributed by atoms with Gasteiger partial charge in [0, 0.05) is 22.2 Å². The van der Waals surface area contributed by atoms with Gasteiger partial charge in [0.1, 0.15) is 17.4 Å². The summed E-state index contributed by atoms with van der Waals surface area (Å²) in [5, 5.41) is 12.6. The Morgan fingerprint density at radius 3 is 2.79 bits per heavy atom. The molecule has 150 valence electrons. The van der Waals surface area contributed by atoms with E-state index in [1.54, 1.807) is 37.4 Å². The molecule has 0 aliphatic carbocycles. The predicted molar refractivity (Wildman–Crippen MR) is 110 cm³/mol. The minimum absolute atomic E-state index is 0.171. The van der Waals surface area contributed by atoms with Crippen LogP contribution in [-0.2, 0) is 28.3 Å². The SMILES string of the molecule is CCC1(O)CC(=O)OCc2c1ccn(Cc1cc3cc(Cl)ccc3nc1Cl)c2=O. The van der Waals surface area contributed by atoms with Crippen molar-refractivity contribution < 1.29 is 14.6 Å². The fourth-order valence-electron chi connectivity index (χ4n) is 3.64. The van der Waals surface area contributed by atoms with Gasteiger partial charge in [0.25, 0.3) is 5.56 Å². The van der Waals surface area contributed by atoms with Crippen LogP contribution in [0.3, 0.4) is 0 Å². The van der Waals surface area contributed by atoms with Gasteiger partial charge in [0.15, 0.2) is 0 Å². The number of fused-ring (bicyclic) bond motifs is 2. The van der Waals surface area contributed by atoms with Crippen LogP contribution in [0.15, 0.2) is 41.3 Å². The van der Waals surface area contributed by atoms with Crippen molar-refractivity contribution in [2.45, 2.75) is 38.5 Å². The van der Waals surface area contributed by atoms with Crippen LogP contribution in [0.5, 0.6) is 0 Å². The lowest BCUT2D eigenvalue weighted by Gasteiger charge is -2.25. The quantitative estimate of drug-likeness (QED) is 0.502. The predicted octanol–water partition coefficient (Wildman–Crippen LogP) is 3.80. The van der Waals surface area contributed by atoms with E-state index in [1.165, 1.54) is 4.57 Å². The fourth-order valence-corrected chi connectivity index (χ4v) is 4.02. The highest BCUT2D eigenvalue weighted by Gasteiger charge is 2.37. The van der Waals surface area contributed by atoms with Gasteiger partial charge >= 0.3 is 5.97 Å². The number of aromatic nitrogens is 2. The molecule has 1 aromatic carbocycles. The molecule has 0 radical (unpaired) electrons. The zero-order chi connectivity index (χ0) is 20.8. The number of halogens is 2. The Morgan fingerprint density at radius 1 is 1.24 bits per heavy atom. The zero-order valence-corrected chi connectivity index (χ0v) is 17.1. The van der Waals surface area contributed by atoms with Crippen LogP contribution in [0, 0.1) is 0 Å². The van der Waals surface area contributed by atoms with Gasteiger partial charge in [-0.05, 0) is 42.3 Å². The summed E-state index contributed by atoms with van der Waals surface area (Å²) < 4.78 is 6.61. The van der Waals surface area contributed by atoms with E-state index in [1.807, 2.05) is 6.07 Å². The lowest BCUT2D eigenvalue weighted by Crippen LogP contribution is -2.32. The van der Waals surface area contributed by atoms with E-state index >= 15 is 0 Å². The van der Waals surface area contributed by atoms with Crippen molar-refractivity contribution in [3.8, 4) is 0 Å². The fraction of sp³-hybridized carbons (Fsp3) is 0.286. The normalized spacial score (nSPS) is 19.0. The van der Waals surface area contributed by atoms with E-state index in [4.69, 9.17) is 27.9 Å². The van der Waals surface area contributed by atoms with Crippen LogP contribution in [0.2, 0.25) is 10.2 Å². The number of hydrogen-bond acceptors (Lipinski definition) is 5. The lowest BCUT2D eigenvalue weighted by molar-refractivity contribution is -0.149. The molecule has 1 aliphatic heterocycles. The monoisotopic (exact) mass is 432 g/mol. The second kappa shape index (κ2) is 7.44. The summed E-state index contributed by atoms with van der Waals surface area (Å²) in [5.41, 5.74) is 0.306. The van der Waals surface area contributed by atoms with Gasteiger partial charge in [-0.3, -0.25) is 9.59 Å². The van der Waals surface area contributed by atoms with E-state index in [0.29, 0.717) is 28.1 Å². The Balaban J connectivity index is 1.78. The minimum Gasteiger partial charge on any atom is -0.460 e. The van der Waals surface area contributed by atoms with Crippen molar-refractivity contribution in [1.82, 2.24) is 9.55 Å². The number of nitrogens with zero attached hydrogens (tertiary/aromatic N) is 2.